The van der Waals surface area contributed by atoms with Crippen molar-refractivity contribution in [1.82, 2.24) is 9.88 Å². The minimum absolute atomic E-state index is 0.0389. The fourth-order valence-corrected chi connectivity index (χ4v) is 3.17. The molecule has 0 unspecified atom stereocenters. The van der Waals surface area contributed by atoms with Crippen LogP contribution >= 0.6 is 15.9 Å². The Balaban J connectivity index is 1.97. The number of hydrogen-bond donors (Lipinski definition) is 2. The summed E-state index contributed by atoms with van der Waals surface area (Å²) in [5.41, 5.74) is 6.81. The van der Waals surface area contributed by atoms with Crippen molar-refractivity contribution in [2.45, 2.75) is 51.1 Å². The SMILES string of the molecule is CCn1cc(Br)cc1C(=O)NCC1(N)CCCCC1. The van der Waals surface area contributed by atoms with E-state index in [1.54, 1.807) is 0 Å². The lowest BCUT2D eigenvalue weighted by Crippen LogP contribution is -2.51. The minimum Gasteiger partial charge on any atom is -0.349 e. The number of nitrogens with one attached hydrogen (secondary N) is 1. The van der Waals surface area contributed by atoms with E-state index < -0.39 is 0 Å². The summed E-state index contributed by atoms with van der Waals surface area (Å²) in [6.07, 6.45) is 7.54. The Labute approximate surface area is 122 Å². The van der Waals surface area contributed by atoms with Crippen LogP contribution in [0.3, 0.4) is 0 Å². The highest BCUT2D eigenvalue weighted by Crippen LogP contribution is 2.25. The third kappa shape index (κ3) is 3.60. The van der Waals surface area contributed by atoms with E-state index >= 15 is 0 Å². The van der Waals surface area contributed by atoms with Gasteiger partial charge in [-0.1, -0.05) is 19.3 Å². The zero-order valence-electron chi connectivity index (χ0n) is 11.4. The molecule has 0 atom stereocenters. The molecule has 2 rings (SSSR count). The van der Waals surface area contributed by atoms with E-state index in [2.05, 4.69) is 21.2 Å². The first-order valence-electron chi connectivity index (χ1n) is 6.97. The summed E-state index contributed by atoms with van der Waals surface area (Å²) in [5, 5.41) is 2.99. The van der Waals surface area contributed by atoms with Crippen molar-refractivity contribution in [3.8, 4) is 0 Å². The molecule has 0 aliphatic heterocycles. The lowest BCUT2D eigenvalue weighted by molar-refractivity contribution is 0.0928. The van der Waals surface area contributed by atoms with E-state index in [1.165, 1.54) is 19.3 Å². The fourth-order valence-electron chi connectivity index (χ4n) is 2.71. The molecule has 4 nitrogen and oxygen atoms in total. The second-order valence-electron chi connectivity index (χ2n) is 5.44. The van der Waals surface area contributed by atoms with Gasteiger partial charge in [0.1, 0.15) is 5.69 Å². The number of carbonyl (C=O) groups is 1. The predicted octanol–water partition coefficient (Wildman–Crippen LogP) is 2.66. The normalized spacial score (nSPS) is 18.3. The number of halogens is 1. The second kappa shape index (κ2) is 6.09. The maximum absolute atomic E-state index is 12.2. The first kappa shape index (κ1) is 14.6. The number of hydrogen-bond acceptors (Lipinski definition) is 2. The highest BCUT2D eigenvalue weighted by Gasteiger charge is 2.28. The zero-order valence-corrected chi connectivity index (χ0v) is 13.0. The first-order chi connectivity index (χ1) is 9.04. The lowest BCUT2D eigenvalue weighted by atomic mass is 9.82. The molecule has 3 N–H and O–H groups in total. The molecule has 1 aromatic rings. The van der Waals surface area contributed by atoms with Crippen molar-refractivity contribution in [2.24, 2.45) is 5.73 Å². The third-order valence-corrected chi connectivity index (χ3v) is 4.32. The largest absolute Gasteiger partial charge is 0.349 e. The summed E-state index contributed by atoms with van der Waals surface area (Å²) >= 11 is 3.40. The Morgan fingerprint density at radius 1 is 1.47 bits per heavy atom. The number of aromatic nitrogens is 1. The van der Waals surface area contributed by atoms with Gasteiger partial charge >= 0.3 is 0 Å². The zero-order chi connectivity index (χ0) is 13.9. The quantitative estimate of drug-likeness (QED) is 0.893. The molecule has 1 fully saturated rings. The van der Waals surface area contributed by atoms with E-state index in [1.807, 2.05) is 23.8 Å². The van der Waals surface area contributed by atoms with Crippen LogP contribution in [0.15, 0.2) is 16.7 Å². The van der Waals surface area contributed by atoms with Crippen LogP contribution in [0.2, 0.25) is 0 Å². The van der Waals surface area contributed by atoms with Gasteiger partial charge in [0.25, 0.3) is 5.91 Å². The van der Waals surface area contributed by atoms with E-state index in [0.717, 1.165) is 23.9 Å². The monoisotopic (exact) mass is 327 g/mol. The van der Waals surface area contributed by atoms with Crippen LogP contribution in [0.5, 0.6) is 0 Å². The molecule has 0 spiro atoms. The van der Waals surface area contributed by atoms with Crippen molar-refractivity contribution < 1.29 is 4.79 Å². The van der Waals surface area contributed by atoms with Crippen molar-refractivity contribution in [1.29, 1.82) is 0 Å². The van der Waals surface area contributed by atoms with E-state index in [4.69, 9.17) is 5.73 Å². The Morgan fingerprint density at radius 3 is 2.79 bits per heavy atom. The number of aryl methyl sites for hydroxylation is 1. The molecule has 1 amide bonds. The van der Waals surface area contributed by atoms with Crippen molar-refractivity contribution >= 4 is 21.8 Å². The molecular formula is C14H22BrN3O. The van der Waals surface area contributed by atoms with Gasteiger partial charge in [0.05, 0.1) is 0 Å². The third-order valence-electron chi connectivity index (χ3n) is 3.89. The topological polar surface area (TPSA) is 60.0 Å². The van der Waals surface area contributed by atoms with Crippen LogP contribution in [-0.4, -0.2) is 22.6 Å². The molecule has 106 valence electrons. The molecule has 1 heterocycles. The summed E-state index contributed by atoms with van der Waals surface area (Å²) in [6.45, 7) is 3.37. The molecule has 1 aliphatic carbocycles. The standard InChI is InChI=1S/C14H22BrN3O/c1-2-18-9-11(15)8-12(18)13(19)17-10-14(16)6-4-3-5-7-14/h8-9H,2-7,10,16H2,1H3,(H,17,19). The van der Waals surface area contributed by atoms with Gasteiger partial charge in [0.15, 0.2) is 0 Å². The van der Waals surface area contributed by atoms with Crippen molar-refractivity contribution in [2.75, 3.05) is 6.54 Å². The Morgan fingerprint density at radius 2 is 2.16 bits per heavy atom. The molecule has 1 aromatic heterocycles. The van der Waals surface area contributed by atoms with Gasteiger partial charge in [0, 0.05) is 29.3 Å². The molecule has 5 heteroatoms. The molecule has 19 heavy (non-hydrogen) atoms. The summed E-state index contributed by atoms with van der Waals surface area (Å²) in [7, 11) is 0. The second-order valence-corrected chi connectivity index (χ2v) is 6.35. The maximum Gasteiger partial charge on any atom is 0.268 e. The van der Waals surface area contributed by atoms with Crippen LogP contribution in [0.25, 0.3) is 0 Å². The number of nitrogens with zero attached hydrogens (tertiary/aromatic N) is 1. The number of nitrogens with two attached hydrogens (primary N) is 1. The average molecular weight is 328 g/mol. The Hall–Kier alpha value is -0.810. The van der Waals surface area contributed by atoms with Gasteiger partial charge in [-0.25, -0.2) is 0 Å². The van der Waals surface area contributed by atoms with E-state index in [0.29, 0.717) is 12.2 Å². The summed E-state index contributed by atoms with van der Waals surface area (Å²) in [4.78, 5) is 12.2. The molecule has 0 radical (unpaired) electrons. The highest BCUT2D eigenvalue weighted by molar-refractivity contribution is 9.10. The number of rotatable bonds is 4. The van der Waals surface area contributed by atoms with Gasteiger partial charge < -0.3 is 15.6 Å². The summed E-state index contributed by atoms with van der Waals surface area (Å²) in [6, 6.07) is 1.85. The molecule has 0 saturated heterocycles. The lowest BCUT2D eigenvalue weighted by Gasteiger charge is -2.33. The number of carbonyl (C=O) groups excluding carboxylic acids is 1. The number of amides is 1. The molecule has 1 aliphatic rings. The van der Waals surface area contributed by atoms with Crippen LogP contribution < -0.4 is 11.1 Å². The van der Waals surface area contributed by atoms with Crippen molar-refractivity contribution in [3.63, 3.8) is 0 Å². The van der Waals surface area contributed by atoms with Gasteiger partial charge in [0.2, 0.25) is 0 Å². The molecule has 1 saturated carbocycles. The summed E-state index contributed by atoms with van der Waals surface area (Å²) in [5.74, 6) is -0.0389. The van der Waals surface area contributed by atoms with Gasteiger partial charge in [-0.3, -0.25) is 4.79 Å². The first-order valence-corrected chi connectivity index (χ1v) is 7.76. The van der Waals surface area contributed by atoms with Gasteiger partial charge in [-0.05, 0) is 41.8 Å². The van der Waals surface area contributed by atoms with Crippen LogP contribution in [0, 0.1) is 0 Å². The predicted molar refractivity (Wildman–Crippen MR) is 80.1 cm³/mol. The minimum atomic E-state index is -0.214. The van der Waals surface area contributed by atoms with E-state index in [9.17, 15) is 4.79 Å². The summed E-state index contributed by atoms with van der Waals surface area (Å²) < 4.78 is 2.86. The smallest absolute Gasteiger partial charge is 0.268 e. The molecule has 0 bridgehead atoms. The van der Waals surface area contributed by atoms with Gasteiger partial charge in [-0.2, -0.15) is 0 Å². The Kier molecular flexibility index (Phi) is 4.68. The van der Waals surface area contributed by atoms with Crippen LogP contribution in [0.4, 0.5) is 0 Å². The average Bonchev–Trinajstić information content (AvgIpc) is 2.78. The maximum atomic E-state index is 12.2. The van der Waals surface area contributed by atoms with Crippen LogP contribution in [0.1, 0.15) is 49.5 Å². The van der Waals surface area contributed by atoms with Crippen LogP contribution in [-0.2, 0) is 6.54 Å². The fraction of sp³-hybridized carbons (Fsp3) is 0.643. The highest BCUT2D eigenvalue weighted by atomic mass is 79.9. The van der Waals surface area contributed by atoms with E-state index in [-0.39, 0.29) is 11.4 Å². The van der Waals surface area contributed by atoms with Gasteiger partial charge in [-0.15, -0.1) is 0 Å². The molecule has 0 aromatic carbocycles. The van der Waals surface area contributed by atoms with Crippen molar-refractivity contribution in [3.05, 3.63) is 22.4 Å². The molecular weight excluding hydrogens is 306 g/mol. The Bertz CT molecular complexity index is 450.